The number of nitrogens with one attached hydrogen (secondary N) is 1. The van der Waals surface area contributed by atoms with E-state index in [-0.39, 0.29) is 24.7 Å². The Morgan fingerprint density at radius 1 is 1.00 bits per heavy atom. The number of rotatable bonds is 9. The van der Waals surface area contributed by atoms with E-state index in [9.17, 15) is 14.4 Å². The van der Waals surface area contributed by atoms with Crippen LogP contribution in [0.2, 0.25) is 0 Å². The summed E-state index contributed by atoms with van der Waals surface area (Å²) in [4.78, 5) is 34.9. The van der Waals surface area contributed by atoms with Crippen molar-refractivity contribution in [3.05, 3.63) is 65.2 Å². The van der Waals surface area contributed by atoms with Crippen LogP contribution in [0.4, 0.5) is 0 Å². The van der Waals surface area contributed by atoms with Gasteiger partial charge in [-0.3, -0.25) is 14.4 Å². The lowest BCUT2D eigenvalue weighted by molar-refractivity contribution is -0.142. The number of methoxy groups -OCH3 is 1. The molecule has 1 amide bonds. The molecule has 0 atom stereocenters. The van der Waals surface area contributed by atoms with E-state index in [1.807, 2.05) is 24.3 Å². The number of benzene rings is 2. The quantitative estimate of drug-likeness (QED) is 0.543. The van der Waals surface area contributed by atoms with Gasteiger partial charge in [-0.2, -0.15) is 0 Å². The molecule has 0 aliphatic carbocycles. The van der Waals surface area contributed by atoms with Gasteiger partial charge in [0.05, 0.1) is 7.11 Å². The van der Waals surface area contributed by atoms with Gasteiger partial charge in [0.25, 0.3) is 0 Å². The summed E-state index contributed by atoms with van der Waals surface area (Å²) < 4.78 is 10.3. The van der Waals surface area contributed by atoms with Gasteiger partial charge in [0.1, 0.15) is 5.75 Å². The molecule has 0 aromatic heterocycles. The highest BCUT2D eigenvalue weighted by molar-refractivity contribution is 5.97. The van der Waals surface area contributed by atoms with Gasteiger partial charge in [-0.05, 0) is 23.6 Å². The van der Waals surface area contributed by atoms with Gasteiger partial charge in [0, 0.05) is 25.5 Å². The minimum atomic E-state index is -0.434. The van der Waals surface area contributed by atoms with Crippen LogP contribution in [0.25, 0.3) is 0 Å². The molecule has 0 spiro atoms. The summed E-state index contributed by atoms with van der Waals surface area (Å²) in [6.07, 6.45) is 0.651. The Bertz CT molecular complexity index is 798. The number of ether oxygens (including phenoxy) is 2. The molecule has 0 fully saturated rings. The molecule has 2 aromatic carbocycles. The van der Waals surface area contributed by atoms with Crippen molar-refractivity contribution < 1.29 is 23.9 Å². The SMILES string of the molecule is COc1ccccc1CCC(=O)OCC(=O)c1ccc(CNC(C)=O)cc1. The summed E-state index contributed by atoms with van der Waals surface area (Å²) >= 11 is 0. The molecule has 0 saturated heterocycles. The molecule has 1 N–H and O–H groups in total. The van der Waals surface area contributed by atoms with Crippen LogP contribution in [0.15, 0.2) is 48.5 Å². The number of para-hydroxylation sites is 1. The van der Waals surface area contributed by atoms with E-state index in [1.165, 1.54) is 6.92 Å². The minimum Gasteiger partial charge on any atom is -0.496 e. The van der Waals surface area contributed by atoms with Gasteiger partial charge in [0.2, 0.25) is 5.91 Å². The molecule has 0 unspecified atom stereocenters. The second kappa shape index (κ2) is 10.1. The van der Waals surface area contributed by atoms with Gasteiger partial charge in [-0.1, -0.05) is 42.5 Å². The van der Waals surface area contributed by atoms with Crippen LogP contribution in [0.1, 0.15) is 34.8 Å². The third-order valence-corrected chi connectivity index (χ3v) is 3.97. The van der Waals surface area contributed by atoms with Crippen LogP contribution < -0.4 is 10.1 Å². The summed E-state index contributed by atoms with van der Waals surface area (Å²) in [5, 5.41) is 2.68. The second-order valence-corrected chi connectivity index (χ2v) is 6.00. The Morgan fingerprint density at radius 2 is 1.70 bits per heavy atom. The number of amides is 1. The Morgan fingerprint density at radius 3 is 2.37 bits per heavy atom. The Labute approximate surface area is 158 Å². The lowest BCUT2D eigenvalue weighted by atomic mass is 10.1. The maximum atomic E-state index is 12.1. The molecule has 0 bridgehead atoms. The monoisotopic (exact) mass is 369 g/mol. The molecule has 0 aliphatic rings. The maximum Gasteiger partial charge on any atom is 0.306 e. The molecule has 0 heterocycles. The van der Waals surface area contributed by atoms with Crippen molar-refractivity contribution in [2.45, 2.75) is 26.3 Å². The van der Waals surface area contributed by atoms with Gasteiger partial charge < -0.3 is 14.8 Å². The van der Waals surface area contributed by atoms with E-state index in [0.717, 1.165) is 16.9 Å². The Balaban J connectivity index is 1.79. The summed E-state index contributed by atoms with van der Waals surface area (Å²) in [5.41, 5.74) is 2.26. The molecule has 142 valence electrons. The molecule has 0 saturated carbocycles. The first-order chi connectivity index (χ1) is 13.0. The third kappa shape index (κ3) is 6.58. The van der Waals surface area contributed by atoms with E-state index in [1.54, 1.807) is 31.4 Å². The van der Waals surface area contributed by atoms with Crippen LogP contribution in [0.5, 0.6) is 5.75 Å². The second-order valence-electron chi connectivity index (χ2n) is 6.00. The van der Waals surface area contributed by atoms with Gasteiger partial charge in [-0.15, -0.1) is 0 Å². The molecular weight excluding hydrogens is 346 g/mol. The predicted molar refractivity (Wildman–Crippen MR) is 101 cm³/mol. The molecule has 6 nitrogen and oxygen atoms in total. The van der Waals surface area contributed by atoms with E-state index in [4.69, 9.17) is 9.47 Å². The topological polar surface area (TPSA) is 81.7 Å². The highest BCUT2D eigenvalue weighted by Crippen LogP contribution is 2.19. The summed E-state index contributed by atoms with van der Waals surface area (Å²) in [6.45, 7) is 1.55. The Kier molecular flexibility index (Phi) is 7.55. The number of carbonyl (C=O) groups is 3. The molecule has 2 rings (SSSR count). The fourth-order valence-corrected chi connectivity index (χ4v) is 2.48. The molecule has 2 aromatic rings. The minimum absolute atomic E-state index is 0.116. The van der Waals surface area contributed by atoms with Crippen molar-refractivity contribution in [3.8, 4) is 5.75 Å². The number of Topliss-reactive ketones (excluding diaryl/α,β-unsaturated/α-hetero) is 1. The summed E-state index contributed by atoms with van der Waals surface area (Å²) in [6, 6.07) is 14.3. The predicted octanol–water partition coefficient (Wildman–Crippen LogP) is 2.69. The molecular formula is C21H23NO5. The standard InChI is InChI=1S/C21H23NO5/c1-15(23)22-13-16-7-9-17(10-8-16)19(24)14-27-21(25)12-11-18-5-3-4-6-20(18)26-2/h3-10H,11-14H2,1-2H3,(H,22,23). The maximum absolute atomic E-state index is 12.1. The summed E-state index contributed by atoms with van der Waals surface area (Å²) in [5.74, 6) is -0.0980. The zero-order valence-electron chi connectivity index (χ0n) is 15.5. The van der Waals surface area contributed by atoms with Crippen LogP contribution in [-0.4, -0.2) is 31.4 Å². The molecule has 6 heteroatoms. The number of hydrogen-bond donors (Lipinski definition) is 1. The fraction of sp³-hybridized carbons (Fsp3) is 0.286. The van der Waals surface area contributed by atoms with E-state index >= 15 is 0 Å². The number of esters is 1. The van der Waals surface area contributed by atoms with Crippen molar-refractivity contribution >= 4 is 17.7 Å². The van der Waals surface area contributed by atoms with Crippen molar-refractivity contribution in [2.24, 2.45) is 0 Å². The van der Waals surface area contributed by atoms with Gasteiger partial charge >= 0.3 is 5.97 Å². The lowest BCUT2D eigenvalue weighted by Gasteiger charge is -2.08. The van der Waals surface area contributed by atoms with Crippen molar-refractivity contribution in [1.82, 2.24) is 5.32 Å². The normalized spacial score (nSPS) is 10.1. The molecule has 27 heavy (non-hydrogen) atoms. The summed E-state index contributed by atoms with van der Waals surface area (Å²) in [7, 11) is 1.58. The first-order valence-corrected chi connectivity index (χ1v) is 8.63. The van der Waals surface area contributed by atoms with Crippen LogP contribution in [0.3, 0.4) is 0 Å². The zero-order valence-corrected chi connectivity index (χ0v) is 15.5. The average Bonchev–Trinajstić information content (AvgIpc) is 2.69. The molecule has 0 aliphatic heterocycles. The smallest absolute Gasteiger partial charge is 0.306 e. The fourth-order valence-electron chi connectivity index (χ4n) is 2.48. The third-order valence-electron chi connectivity index (χ3n) is 3.97. The Hall–Kier alpha value is -3.15. The van der Waals surface area contributed by atoms with Crippen LogP contribution in [0, 0.1) is 0 Å². The first-order valence-electron chi connectivity index (χ1n) is 8.63. The van der Waals surface area contributed by atoms with Crippen molar-refractivity contribution in [1.29, 1.82) is 0 Å². The lowest BCUT2D eigenvalue weighted by Crippen LogP contribution is -2.19. The number of carbonyl (C=O) groups excluding carboxylic acids is 3. The average molecular weight is 369 g/mol. The first kappa shape index (κ1) is 20.2. The largest absolute Gasteiger partial charge is 0.496 e. The van der Waals surface area contributed by atoms with Gasteiger partial charge in [-0.25, -0.2) is 0 Å². The number of hydrogen-bond acceptors (Lipinski definition) is 5. The van der Waals surface area contributed by atoms with E-state index in [0.29, 0.717) is 18.5 Å². The number of aryl methyl sites for hydroxylation is 1. The number of ketones is 1. The van der Waals surface area contributed by atoms with E-state index in [2.05, 4.69) is 5.32 Å². The molecule has 0 radical (unpaired) electrons. The zero-order chi connectivity index (χ0) is 19.6. The van der Waals surface area contributed by atoms with Crippen LogP contribution >= 0.6 is 0 Å². The van der Waals surface area contributed by atoms with Crippen molar-refractivity contribution in [2.75, 3.05) is 13.7 Å². The highest BCUT2D eigenvalue weighted by Gasteiger charge is 2.11. The van der Waals surface area contributed by atoms with Crippen molar-refractivity contribution in [3.63, 3.8) is 0 Å². The van der Waals surface area contributed by atoms with Crippen LogP contribution in [-0.2, 0) is 27.3 Å². The van der Waals surface area contributed by atoms with Gasteiger partial charge in [0.15, 0.2) is 12.4 Å². The van der Waals surface area contributed by atoms with E-state index < -0.39 is 5.97 Å². The highest BCUT2D eigenvalue weighted by atomic mass is 16.5.